The summed E-state index contributed by atoms with van der Waals surface area (Å²) in [4.78, 5) is 9.47. The number of carbonyl (C=O) groups is 1. The summed E-state index contributed by atoms with van der Waals surface area (Å²) in [6.07, 6.45) is 0.460. The number of benzene rings is 1. The molecule has 0 spiro atoms. The predicted molar refractivity (Wildman–Crippen MR) is 66.4 cm³/mol. The van der Waals surface area contributed by atoms with Crippen molar-refractivity contribution in [3.05, 3.63) is 23.8 Å². The molecule has 0 radical (unpaired) electrons. The van der Waals surface area contributed by atoms with Gasteiger partial charge in [-0.15, -0.1) is 0 Å². The van der Waals surface area contributed by atoms with Gasteiger partial charge in [-0.05, 0) is 18.9 Å². The van der Waals surface area contributed by atoms with E-state index in [2.05, 4.69) is 0 Å². The van der Waals surface area contributed by atoms with Crippen LogP contribution in [0.25, 0.3) is 0 Å². The molecule has 5 nitrogen and oxygen atoms in total. The lowest BCUT2D eigenvalue weighted by molar-refractivity contribution is -0.137. The lowest BCUT2D eigenvalue weighted by atomic mass is 10.2. The quantitative estimate of drug-likeness (QED) is 0.614. The fourth-order valence-electron chi connectivity index (χ4n) is 1.41. The van der Waals surface area contributed by atoms with Crippen LogP contribution in [-0.4, -0.2) is 26.1 Å². The average molecular weight is 329 g/mol. The summed E-state index contributed by atoms with van der Waals surface area (Å²) >= 11 is 0. The van der Waals surface area contributed by atoms with Gasteiger partial charge in [0, 0.05) is 23.2 Å². The van der Waals surface area contributed by atoms with Crippen molar-refractivity contribution in [1.82, 2.24) is 0 Å². The topological polar surface area (TPSA) is 80.7 Å². The summed E-state index contributed by atoms with van der Waals surface area (Å²) in [5, 5.41) is 8.42. The molecule has 0 aliphatic heterocycles. The molecule has 0 aromatic heterocycles. The summed E-state index contributed by atoms with van der Waals surface area (Å²) in [6, 6.07) is 1.02. The molecule has 1 N–H and O–H groups in total. The van der Waals surface area contributed by atoms with Gasteiger partial charge in [0.05, 0.1) is 6.61 Å². The van der Waals surface area contributed by atoms with Crippen LogP contribution in [-0.2, 0) is 13.8 Å². The molecule has 20 heavy (non-hydrogen) atoms. The summed E-state index contributed by atoms with van der Waals surface area (Å²) in [6.45, 7) is -0.116. The number of hydrogen-bond donors (Lipinski definition) is 1. The van der Waals surface area contributed by atoms with Crippen LogP contribution >= 0.6 is 10.7 Å². The highest BCUT2D eigenvalue weighted by atomic mass is 35.7. The Hall–Kier alpha value is -1.41. The van der Waals surface area contributed by atoms with E-state index in [9.17, 15) is 22.0 Å². The number of carboxylic acids is 1. The zero-order valence-corrected chi connectivity index (χ0v) is 11.7. The van der Waals surface area contributed by atoms with Gasteiger partial charge in [0.1, 0.15) is 10.7 Å². The Bertz CT molecular complexity index is 603. The molecule has 0 saturated heterocycles. The van der Waals surface area contributed by atoms with E-state index in [1.165, 1.54) is 0 Å². The normalized spacial score (nSPS) is 11.3. The zero-order chi connectivity index (χ0) is 15.3. The number of unbranched alkanes of at least 4 members (excludes halogenated alkanes) is 1. The first-order valence-corrected chi connectivity index (χ1v) is 7.81. The summed E-state index contributed by atoms with van der Waals surface area (Å²) in [5.74, 6) is -3.94. The Kier molecular flexibility index (Phi) is 5.70. The second kappa shape index (κ2) is 6.85. The first-order valence-electron chi connectivity index (χ1n) is 5.50. The van der Waals surface area contributed by atoms with E-state index in [0.29, 0.717) is 12.1 Å². The lowest BCUT2D eigenvalue weighted by Crippen LogP contribution is -2.06. The van der Waals surface area contributed by atoms with E-state index in [1.54, 1.807) is 0 Å². The van der Waals surface area contributed by atoms with Gasteiger partial charge in [0.25, 0.3) is 9.05 Å². The number of carboxylic acid groups (broad SMARTS) is 1. The molecular formula is C11H11ClF2O5S. The second-order valence-electron chi connectivity index (χ2n) is 3.85. The highest BCUT2D eigenvalue weighted by molar-refractivity contribution is 8.13. The van der Waals surface area contributed by atoms with Crippen molar-refractivity contribution in [2.45, 2.75) is 24.2 Å². The van der Waals surface area contributed by atoms with Crippen molar-refractivity contribution < 1.29 is 31.8 Å². The van der Waals surface area contributed by atoms with E-state index in [0.717, 1.165) is 0 Å². The van der Waals surface area contributed by atoms with Crippen molar-refractivity contribution in [2.75, 3.05) is 6.61 Å². The Balaban J connectivity index is 2.81. The third-order valence-corrected chi connectivity index (χ3v) is 3.60. The minimum atomic E-state index is -4.36. The number of rotatable bonds is 7. The Morgan fingerprint density at radius 1 is 1.30 bits per heavy atom. The van der Waals surface area contributed by atoms with E-state index >= 15 is 0 Å². The molecule has 1 aromatic carbocycles. The van der Waals surface area contributed by atoms with Crippen molar-refractivity contribution in [1.29, 1.82) is 0 Å². The molecule has 0 fully saturated rings. The van der Waals surface area contributed by atoms with Crippen molar-refractivity contribution in [2.24, 2.45) is 0 Å². The molecule has 0 aliphatic carbocycles. The van der Waals surface area contributed by atoms with Crippen LogP contribution in [0.3, 0.4) is 0 Å². The molecule has 0 heterocycles. The largest absolute Gasteiger partial charge is 0.489 e. The van der Waals surface area contributed by atoms with Crippen molar-refractivity contribution in [3.63, 3.8) is 0 Å². The van der Waals surface area contributed by atoms with Crippen LogP contribution < -0.4 is 4.74 Å². The Morgan fingerprint density at radius 2 is 1.95 bits per heavy atom. The van der Waals surface area contributed by atoms with Crippen LogP contribution in [0.2, 0.25) is 0 Å². The van der Waals surface area contributed by atoms with Gasteiger partial charge in [-0.1, -0.05) is 0 Å². The van der Waals surface area contributed by atoms with Gasteiger partial charge in [0.15, 0.2) is 11.6 Å². The number of hydrogen-bond acceptors (Lipinski definition) is 4. The van der Waals surface area contributed by atoms with Gasteiger partial charge in [-0.3, -0.25) is 4.79 Å². The van der Waals surface area contributed by atoms with Crippen LogP contribution in [0, 0.1) is 11.6 Å². The third-order valence-electron chi connectivity index (χ3n) is 2.27. The standard InChI is InChI=1S/C11H11ClF2O5S/c12-20(17,18)9-6-7(13)5-8(14)11(9)19-4-2-1-3-10(15)16/h5-6H,1-4H2,(H,15,16). The van der Waals surface area contributed by atoms with Crippen molar-refractivity contribution in [3.8, 4) is 5.75 Å². The van der Waals surface area contributed by atoms with E-state index in [4.69, 9.17) is 20.5 Å². The van der Waals surface area contributed by atoms with Gasteiger partial charge in [0.2, 0.25) is 0 Å². The first kappa shape index (κ1) is 16.6. The molecule has 1 rings (SSSR count). The second-order valence-corrected chi connectivity index (χ2v) is 6.39. The molecule has 112 valence electrons. The molecule has 0 saturated carbocycles. The molecule has 1 aromatic rings. The van der Waals surface area contributed by atoms with Gasteiger partial charge >= 0.3 is 5.97 Å². The molecule has 0 unspecified atom stereocenters. The summed E-state index contributed by atoms with van der Waals surface area (Å²) in [7, 11) is 0.709. The van der Waals surface area contributed by atoms with E-state index in [1.807, 2.05) is 0 Å². The minimum absolute atomic E-state index is 0.0874. The maximum Gasteiger partial charge on any atom is 0.303 e. The number of aliphatic carboxylic acids is 1. The number of halogens is 3. The molecule has 9 heteroatoms. The molecule has 0 bridgehead atoms. The smallest absolute Gasteiger partial charge is 0.303 e. The molecule has 0 aliphatic rings. The summed E-state index contributed by atoms with van der Waals surface area (Å²) < 4.78 is 53.8. The van der Waals surface area contributed by atoms with Gasteiger partial charge < -0.3 is 9.84 Å². The maximum atomic E-state index is 13.5. The van der Waals surface area contributed by atoms with Gasteiger partial charge in [-0.25, -0.2) is 17.2 Å². The SMILES string of the molecule is O=C(O)CCCCOc1c(F)cc(F)cc1S(=O)(=O)Cl. The Morgan fingerprint density at radius 3 is 2.50 bits per heavy atom. The van der Waals surface area contributed by atoms with Crippen LogP contribution in [0.4, 0.5) is 8.78 Å². The average Bonchev–Trinajstić information content (AvgIpc) is 2.28. The highest BCUT2D eigenvalue weighted by Gasteiger charge is 2.22. The van der Waals surface area contributed by atoms with Crippen LogP contribution in [0.15, 0.2) is 17.0 Å². The lowest BCUT2D eigenvalue weighted by Gasteiger charge is -2.10. The fraction of sp³-hybridized carbons (Fsp3) is 0.364. The highest BCUT2D eigenvalue weighted by Crippen LogP contribution is 2.31. The maximum absolute atomic E-state index is 13.5. The van der Waals surface area contributed by atoms with Crippen LogP contribution in [0.1, 0.15) is 19.3 Å². The predicted octanol–water partition coefficient (Wildman–Crippen LogP) is 2.53. The Labute approximate surface area is 118 Å². The van der Waals surface area contributed by atoms with Crippen LogP contribution in [0.5, 0.6) is 5.75 Å². The van der Waals surface area contributed by atoms with Gasteiger partial charge in [-0.2, -0.15) is 0 Å². The third kappa shape index (κ3) is 4.93. The summed E-state index contributed by atoms with van der Waals surface area (Å²) in [5.41, 5.74) is 0. The van der Waals surface area contributed by atoms with E-state index in [-0.39, 0.29) is 25.9 Å². The monoisotopic (exact) mass is 328 g/mol. The molecule has 0 amide bonds. The number of ether oxygens (including phenoxy) is 1. The molecule has 0 atom stereocenters. The zero-order valence-electron chi connectivity index (χ0n) is 10.1. The van der Waals surface area contributed by atoms with E-state index < -0.39 is 37.3 Å². The van der Waals surface area contributed by atoms with Crippen molar-refractivity contribution >= 4 is 25.7 Å². The fourth-order valence-corrected chi connectivity index (χ4v) is 2.39. The first-order chi connectivity index (χ1) is 9.21. The minimum Gasteiger partial charge on any atom is -0.489 e. The molecular weight excluding hydrogens is 318 g/mol.